The average Bonchev–Trinajstić information content (AvgIpc) is 3.19. The number of hydrogen-bond donors (Lipinski definition) is 1. The summed E-state index contributed by atoms with van der Waals surface area (Å²) in [5.41, 5.74) is -1.74. The highest BCUT2D eigenvalue weighted by Gasteiger charge is 2.55. The van der Waals surface area contributed by atoms with Crippen LogP contribution in [-0.4, -0.2) is 70.3 Å². The fourth-order valence-corrected chi connectivity index (χ4v) is 4.31. The van der Waals surface area contributed by atoms with Crippen molar-refractivity contribution in [3.63, 3.8) is 0 Å². The van der Waals surface area contributed by atoms with Crippen molar-refractivity contribution in [2.45, 2.75) is 36.1 Å². The number of imide groups is 1. The van der Waals surface area contributed by atoms with Gasteiger partial charge in [-0.05, 0) is 35.1 Å². The van der Waals surface area contributed by atoms with Gasteiger partial charge in [-0.25, -0.2) is 0 Å². The van der Waals surface area contributed by atoms with E-state index in [1.54, 1.807) is 0 Å². The molecule has 2 unspecified atom stereocenters. The molecule has 8 radical (unpaired) electrons. The molecular formula is C22H14B4ClF2N3O4. The lowest BCUT2D eigenvalue weighted by atomic mass is 9.48. The standard InChI is InChI=1S/C22H14B4ClF2N3O4/c23-15-16(24)21(25,20(36)32(26)18(15)34)31-9-11-7-10(1-6-14(11)17(31)33)8-30-19(35)22(28,29)12-2-4-13(27)5-3-12/h1-7,15-16H,8-9H2,(H,30,35)/t15?,16?,21-/m1/s1. The first-order valence-electron chi connectivity index (χ1n) is 10.6. The van der Waals surface area contributed by atoms with Crippen molar-refractivity contribution < 1.29 is 28.0 Å². The second-order valence-electron chi connectivity index (χ2n) is 8.54. The molecule has 1 N–H and O–H groups in total. The lowest BCUT2D eigenvalue weighted by molar-refractivity contribution is -0.148. The Balaban J connectivity index is 1.51. The van der Waals surface area contributed by atoms with Gasteiger partial charge in [0.25, 0.3) is 11.8 Å². The quantitative estimate of drug-likeness (QED) is 0.489. The van der Waals surface area contributed by atoms with Gasteiger partial charge in [0, 0.05) is 29.2 Å². The summed E-state index contributed by atoms with van der Waals surface area (Å²) >= 11 is 5.71. The van der Waals surface area contributed by atoms with Crippen molar-refractivity contribution in [2.24, 2.45) is 0 Å². The summed E-state index contributed by atoms with van der Waals surface area (Å²) in [6, 6.07) is 8.98. The summed E-state index contributed by atoms with van der Waals surface area (Å²) in [6.45, 7) is -0.465. The fraction of sp³-hybridized carbons (Fsp3) is 0.273. The molecule has 0 spiro atoms. The maximum Gasteiger partial charge on any atom is 0.349 e. The van der Waals surface area contributed by atoms with E-state index in [1.807, 2.05) is 0 Å². The van der Waals surface area contributed by atoms with Gasteiger partial charge in [-0.3, -0.25) is 19.2 Å². The number of nitrogens with one attached hydrogen (secondary N) is 1. The minimum absolute atomic E-state index is 0.176. The summed E-state index contributed by atoms with van der Waals surface area (Å²) in [5, 5.41) is 2.42. The Morgan fingerprint density at radius 3 is 2.42 bits per heavy atom. The van der Waals surface area contributed by atoms with E-state index in [0.29, 0.717) is 11.1 Å². The van der Waals surface area contributed by atoms with Crippen molar-refractivity contribution in [1.82, 2.24) is 15.0 Å². The van der Waals surface area contributed by atoms with Crippen LogP contribution in [0.5, 0.6) is 0 Å². The minimum atomic E-state index is -3.80. The fourth-order valence-electron chi connectivity index (χ4n) is 4.19. The Bertz CT molecular complexity index is 1280. The Morgan fingerprint density at radius 1 is 1.14 bits per heavy atom. The molecule has 0 aliphatic carbocycles. The first-order chi connectivity index (χ1) is 16.8. The first-order valence-corrected chi connectivity index (χ1v) is 11.0. The van der Waals surface area contributed by atoms with Crippen molar-refractivity contribution in [2.75, 3.05) is 0 Å². The monoisotopic (exact) mass is 501 g/mol. The summed E-state index contributed by atoms with van der Waals surface area (Å²) in [5.74, 6) is -10.9. The summed E-state index contributed by atoms with van der Waals surface area (Å²) < 4.78 is 29.0. The number of nitrogens with zero attached hydrogens (tertiary/aromatic N) is 2. The third-order valence-corrected chi connectivity index (χ3v) is 6.60. The molecule has 7 nitrogen and oxygen atoms in total. The highest BCUT2D eigenvalue weighted by atomic mass is 35.5. The van der Waals surface area contributed by atoms with E-state index in [9.17, 15) is 28.0 Å². The van der Waals surface area contributed by atoms with Crippen molar-refractivity contribution in [3.05, 3.63) is 69.7 Å². The first kappa shape index (κ1) is 26.0. The van der Waals surface area contributed by atoms with E-state index < -0.39 is 52.2 Å². The van der Waals surface area contributed by atoms with Crippen molar-refractivity contribution in [3.8, 4) is 0 Å². The van der Waals surface area contributed by atoms with E-state index in [0.717, 1.165) is 17.0 Å². The molecule has 1 fully saturated rings. The van der Waals surface area contributed by atoms with Gasteiger partial charge in [0.05, 0.1) is 21.1 Å². The van der Waals surface area contributed by atoms with Crippen molar-refractivity contribution >= 4 is 66.7 Å². The Hall–Kier alpha value is -3.07. The third kappa shape index (κ3) is 4.03. The molecule has 2 aromatic rings. The minimum Gasteiger partial charge on any atom is -0.346 e. The molecule has 2 heterocycles. The molecule has 0 aromatic heterocycles. The van der Waals surface area contributed by atoms with Crippen LogP contribution in [0.2, 0.25) is 16.7 Å². The molecule has 2 aliphatic heterocycles. The smallest absolute Gasteiger partial charge is 0.346 e. The van der Waals surface area contributed by atoms with Gasteiger partial charge in [0.15, 0.2) is 0 Å². The predicted molar refractivity (Wildman–Crippen MR) is 129 cm³/mol. The molecule has 4 amide bonds. The lowest BCUT2D eigenvalue weighted by Gasteiger charge is -2.51. The highest BCUT2D eigenvalue weighted by molar-refractivity contribution is 6.47. The van der Waals surface area contributed by atoms with Crippen LogP contribution in [0.3, 0.4) is 0 Å². The maximum absolute atomic E-state index is 14.5. The van der Waals surface area contributed by atoms with Crippen LogP contribution < -0.4 is 5.32 Å². The third-order valence-electron chi connectivity index (χ3n) is 6.34. The molecule has 14 heteroatoms. The Morgan fingerprint density at radius 2 is 1.78 bits per heavy atom. The van der Waals surface area contributed by atoms with Gasteiger partial charge in [0.1, 0.15) is 7.85 Å². The number of carbonyl (C=O) groups excluding carboxylic acids is 4. The maximum atomic E-state index is 14.5. The molecule has 0 bridgehead atoms. The van der Waals surface area contributed by atoms with E-state index in [4.69, 9.17) is 43.1 Å². The van der Waals surface area contributed by atoms with Gasteiger partial charge >= 0.3 is 5.92 Å². The second kappa shape index (κ2) is 9.10. The van der Waals surface area contributed by atoms with Gasteiger partial charge < -0.3 is 15.0 Å². The molecule has 174 valence electrons. The van der Waals surface area contributed by atoms with Crippen LogP contribution in [0.1, 0.15) is 27.0 Å². The number of amides is 4. The molecule has 2 aliphatic rings. The topological polar surface area (TPSA) is 86.8 Å². The van der Waals surface area contributed by atoms with E-state index in [2.05, 4.69) is 5.32 Å². The molecule has 1 saturated heterocycles. The number of benzene rings is 2. The predicted octanol–water partition coefficient (Wildman–Crippen LogP) is 0.935. The molecule has 2 aromatic carbocycles. The van der Waals surface area contributed by atoms with Gasteiger partial charge in [-0.15, -0.1) is 0 Å². The zero-order valence-corrected chi connectivity index (χ0v) is 19.3. The molecular weight excluding hydrogens is 487 g/mol. The molecule has 4 rings (SSSR count). The van der Waals surface area contributed by atoms with Crippen LogP contribution >= 0.6 is 11.6 Å². The molecule has 36 heavy (non-hydrogen) atoms. The van der Waals surface area contributed by atoms with Gasteiger partial charge in [-0.2, -0.15) is 8.78 Å². The number of alkyl halides is 2. The van der Waals surface area contributed by atoms with E-state index in [-0.39, 0.29) is 28.5 Å². The number of hydrogen-bond acceptors (Lipinski definition) is 4. The number of halogens is 3. The van der Waals surface area contributed by atoms with E-state index in [1.165, 1.54) is 30.3 Å². The summed E-state index contributed by atoms with van der Waals surface area (Å²) in [4.78, 5) is 51.2. The zero-order chi connectivity index (χ0) is 26.6. The average molecular weight is 501 g/mol. The lowest BCUT2D eigenvalue weighted by Crippen LogP contribution is -2.68. The number of fused-ring (bicyclic) bond motifs is 1. The van der Waals surface area contributed by atoms with Crippen LogP contribution in [0.15, 0.2) is 42.5 Å². The molecule has 0 saturated carbocycles. The highest BCUT2D eigenvalue weighted by Crippen LogP contribution is 2.43. The van der Waals surface area contributed by atoms with Crippen LogP contribution in [0, 0.1) is 0 Å². The number of rotatable bonds is 5. The SMILES string of the molecule is [B]C1C(=O)N([B])C(=O)[C@]([B])(N2Cc3cc(CNC(=O)C(F)(F)c4ccc(Cl)cc4)ccc3C2=O)C1[B]. The Kier molecular flexibility index (Phi) is 6.58. The number of piperidine rings is 1. The largest absolute Gasteiger partial charge is 0.349 e. The van der Waals surface area contributed by atoms with Crippen molar-refractivity contribution in [1.29, 1.82) is 0 Å². The second-order valence-corrected chi connectivity index (χ2v) is 8.97. The number of carbonyl (C=O) groups is 4. The normalized spacial score (nSPS) is 24.1. The zero-order valence-electron chi connectivity index (χ0n) is 18.6. The van der Waals surface area contributed by atoms with Crippen LogP contribution in [-0.2, 0) is 33.4 Å². The van der Waals surface area contributed by atoms with Gasteiger partial charge in [-0.1, -0.05) is 41.7 Å². The van der Waals surface area contributed by atoms with Gasteiger partial charge in [0.2, 0.25) is 19.8 Å². The van der Waals surface area contributed by atoms with Crippen LogP contribution in [0.25, 0.3) is 0 Å². The Labute approximate surface area is 215 Å². The summed E-state index contributed by atoms with van der Waals surface area (Å²) in [7, 11) is 23.5. The summed E-state index contributed by atoms with van der Waals surface area (Å²) in [6.07, 6.45) is 0. The molecule has 3 atom stereocenters. The van der Waals surface area contributed by atoms with E-state index >= 15 is 0 Å². The van der Waals surface area contributed by atoms with Crippen LogP contribution in [0.4, 0.5) is 8.78 Å².